The second kappa shape index (κ2) is 7.82. The molecule has 0 aliphatic carbocycles. The van der Waals surface area contributed by atoms with Crippen LogP contribution in [-0.4, -0.2) is 43.4 Å². The summed E-state index contributed by atoms with van der Waals surface area (Å²) in [6.45, 7) is 3.63. The van der Waals surface area contributed by atoms with Crippen molar-refractivity contribution in [1.29, 1.82) is 0 Å². The Balaban J connectivity index is 1.74. The van der Waals surface area contributed by atoms with Gasteiger partial charge in [-0.25, -0.2) is 0 Å². The Hall–Kier alpha value is -0.510. The van der Waals surface area contributed by atoms with Crippen LogP contribution in [0.5, 0.6) is 0 Å². The van der Waals surface area contributed by atoms with E-state index in [-0.39, 0.29) is 0 Å². The molecule has 1 atom stereocenters. The summed E-state index contributed by atoms with van der Waals surface area (Å²) < 4.78 is 0. The van der Waals surface area contributed by atoms with Crippen LogP contribution in [0.3, 0.4) is 0 Å². The number of piperidine rings is 1. The second-order valence-corrected chi connectivity index (χ2v) is 6.07. The highest BCUT2D eigenvalue weighted by molar-refractivity contribution is 7.99. The maximum absolute atomic E-state index is 3.33. The highest BCUT2D eigenvalue weighted by atomic mass is 32.2. The Morgan fingerprint density at radius 3 is 2.89 bits per heavy atom. The quantitative estimate of drug-likeness (QED) is 0.795. The van der Waals surface area contributed by atoms with Crippen molar-refractivity contribution >= 4 is 11.8 Å². The van der Waals surface area contributed by atoms with Crippen LogP contribution in [0.4, 0.5) is 0 Å². The largest absolute Gasteiger partial charge is 0.318 e. The molecule has 0 amide bonds. The molecule has 2 nitrogen and oxygen atoms in total. The first-order valence-electron chi connectivity index (χ1n) is 6.96. The predicted octanol–water partition coefficient (Wildman–Crippen LogP) is 2.85. The van der Waals surface area contributed by atoms with Crippen LogP contribution in [-0.2, 0) is 0 Å². The Kier molecular flexibility index (Phi) is 6.05. The number of likely N-dealkylation sites (N-methyl/N-ethyl adjacent to an activating group) is 1. The summed E-state index contributed by atoms with van der Waals surface area (Å²) in [5.41, 5.74) is 0. The van der Waals surface area contributed by atoms with Crippen molar-refractivity contribution in [1.82, 2.24) is 10.2 Å². The van der Waals surface area contributed by atoms with E-state index in [1.807, 2.05) is 11.8 Å². The van der Waals surface area contributed by atoms with Gasteiger partial charge in [-0.2, -0.15) is 0 Å². The minimum atomic E-state index is 0.750. The van der Waals surface area contributed by atoms with Crippen molar-refractivity contribution < 1.29 is 0 Å². The van der Waals surface area contributed by atoms with Gasteiger partial charge in [-0.3, -0.25) is 4.90 Å². The van der Waals surface area contributed by atoms with Crippen LogP contribution in [0.25, 0.3) is 0 Å². The molecule has 18 heavy (non-hydrogen) atoms. The van der Waals surface area contributed by atoms with E-state index in [4.69, 9.17) is 0 Å². The molecule has 0 radical (unpaired) electrons. The maximum atomic E-state index is 3.33. The second-order valence-electron chi connectivity index (χ2n) is 4.90. The number of nitrogens with zero attached hydrogens (tertiary/aromatic N) is 1. The average molecular weight is 264 g/mol. The van der Waals surface area contributed by atoms with Crippen LogP contribution < -0.4 is 5.32 Å². The number of thioether (sulfide) groups is 1. The monoisotopic (exact) mass is 264 g/mol. The van der Waals surface area contributed by atoms with E-state index < -0.39 is 0 Å². The summed E-state index contributed by atoms with van der Waals surface area (Å²) in [5, 5.41) is 3.33. The van der Waals surface area contributed by atoms with Gasteiger partial charge in [-0.05, 0) is 38.6 Å². The lowest BCUT2D eigenvalue weighted by molar-refractivity contribution is 0.157. The predicted molar refractivity (Wildman–Crippen MR) is 80.3 cm³/mol. The van der Waals surface area contributed by atoms with Gasteiger partial charge in [0.25, 0.3) is 0 Å². The van der Waals surface area contributed by atoms with E-state index in [1.54, 1.807) is 0 Å². The topological polar surface area (TPSA) is 15.3 Å². The number of hydrogen-bond acceptors (Lipinski definition) is 3. The third-order valence-corrected chi connectivity index (χ3v) is 4.57. The molecular formula is C15H24N2S. The number of rotatable bonds is 6. The minimum absolute atomic E-state index is 0.750. The van der Waals surface area contributed by atoms with Crippen LogP contribution in [0, 0.1) is 0 Å². The van der Waals surface area contributed by atoms with E-state index in [1.165, 1.54) is 43.0 Å². The van der Waals surface area contributed by atoms with Crippen LogP contribution in [0.15, 0.2) is 35.2 Å². The molecule has 1 N–H and O–H groups in total. The molecule has 1 saturated heterocycles. The lowest BCUT2D eigenvalue weighted by Crippen LogP contribution is -2.45. The fraction of sp³-hybridized carbons (Fsp3) is 0.600. The fourth-order valence-corrected chi connectivity index (χ4v) is 3.53. The smallest absolute Gasteiger partial charge is 0.0220 e. The van der Waals surface area contributed by atoms with Gasteiger partial charge in [-0.15, -0.1) is 11.8 Å². The van der Waals surface area contributed by atoms with Crippen molar-refractivity contribution in [2.24, 2.45) is 0 Å². The van der Waals surface area contributed by atoms with Gasteiger partial charge in [0.15, 0.2) is 0 Å². The minimum Gasteiger partial charge on any atom is -0.318 e. The molecule has 0 bridgehead atoms. The number of hydrogen-bond donors (Lipinski definition) is 1. The van der Waals surface area contributed by atoms with Crippen molar-refractivity contribution in [2.45, 2.75) is 30.2 Å². The average Bonchev–Trinajstić information content (AvgIpc) is 2.42. The van der Waals surface area contributed by atoms with E-state index in [9.17, 15) is 0 Å². The molecule has 0 saturated carbocycles. The zero-order valence-corrected chi connectivity index (χ0v) is 12.1. The zero-order valence-electron chi connectivity index (χ0n) is 11.3. The molecule has 3 heteroatoms. The van der Waals surface area contributed by atoms with Crippen molar-refractivity contribution in [3.63, 3.8) is 0 Å². The molecule has 2 rings (SSSR count). The van der Waals surface area contributed by atoms with Crippen molar-refractivity contribution in [3.8, 4) is 0 Å². The third kappa shape index (κ3) is 4.30. The molecule has 1 heterocycles. The highest BCUT2D eigenvalue weighted by Gasteiger charge is 2.20. The zero-order chi connectivity index (χ0) is 12.6. The Bertz CT molecular complexity index is 327. The summed E-state index contributed by atoms with van der Waals surface area (Å²) in [7, 11) is 2.06. The highest BCUT2D eigenvalue weighted by Crippen LogP contribution is 2.20. The fourth-order valence-electron chi connectivity index (χ4n) is 2.62. The summed E-state index contributed by atoms with van der Waals surface area (Å²) in [6.07, 6.45) is 4.13. The van der Waals surface area contributed by atoms with Gasteiger partial charge in [0.05, 0.1) is 0 Å². The van der Waals surface area contributed by atoms with Crippen molar-refractivity contribution in [2.75, 3.05) is 32.4 Å². The van der Waals surface area contributed by atoms with E-state index >= 15 is 0 Å². The van der Waals surface area contributed by atoms with Crippen molar-refractivity contribution in [3.05, 3.63) is 30.3 Å². The van der Waals surface area contributed by atoms with Gasteiger partial charge in [0, 0.05) is 29.8 Å². The molecule has 1 unspecified atom stereocenters. The lowest BCUT2D eigenvalue weighted by atomic mass is 10.0. The summed E-state index contributed by atoms with van der Waals surface area (Å²) in [5.74, 6) is 1.20. The molecular weight excluding hydrogens is 240 g/mol. The molecule has 1 aromatic carbocycles. The first-order chi connectivity index (χ1) is 8.90. The molecule has 0 aromatic heterocycles. The van der Waals surface area contributed by atoms with Crippen LogP contribution >= 0.6 is 11.8 Å². The number of benzene rings is 1. The Morgan fingerprint density at radius 1 is 1.28 bits per heavy atom. The molecule has 100 valence electrons. The normalized spacial score (nSPS) is 21.1. The molecule has 1 aliphatic heterocycles. The van der Waals surface area contributed by atoms with E-state index in [0.717, 1.165) is 12.6 Å². The van der Waals surface area contributed by atoms with Gasteiger partial charge < -0.3 is 5.32 Å². The first-order valence-corrected chi connectivity index (χ1v) is 7.95. The molecule has 1 fully saturated rings. The van der Waals surface area contributed by atoms with Gasteiger partial charge in [-0.1, -0.05) is 24.6 Å². The molecule has 1 aliphatic rings. The maximum Gasteiger partial charge on any atom is 0.0220 e. The summed E-state index contributed by atoms with van der Waals surface area (Å²) in [4.78, 5) is 4.05. The Labute approximate surface area is 115 Å². The van der Waals surface area contributed by atoms with Gasteiger partial charge in [0.1, 0.15) is 0 Å². The lowest BCUT2D eigenvalue weighted by Gasteiger charge is -2.35. The molecule has 1 aromatic rings. The first kappa shape index (κ1) is 13.9. The standard InChI is InChI=1S/C15H24N2S/c1-16-13-14-7-5-6-10-17(14)11-12-18-15-8-3-2-4-9-15/h2-4,8-9,14,16H,5-7,10-13H2,1H3. The SMILES string of the molecule is CNCC1CCCCN1CCSc1ccccc1. The van der Waals surface area contributed by atoms with Gasteiger partial charge >= 0.3 is 0 Å². The Morgan fingerprint density at radius 2 is 2.11 bits per heavy atom. The summed E-state index contributed by atoms with van der Waals surface area (Å²) in [6, 6.07) is 11.5. The summed E-state index contributed by atoms with van der Waals surface area (Å²) >= 11 is 1.97. The molecule has 0 spiro atoms. The van der Waals surface area contributed by atoms with E-state index in [0.29, 0.717) is 0 Å². The van der Waals surface area contributed by atoms with E-state index in [2.05, 4.69) is 47.6 Å². The third-order valence-electron chi connectivity index (χ3n) is 3.58. The van der Waals surface area contributed by atoms with Crippen LogP contribution in [0.2, 0.25) is 0 Å². The number of likely N-dealkylation sites (tertiary alicyclic amines) is 1. The number of nitrogens with one attached hydrogen (secondary N) is 1. The van der Waals surface area contributed by atoms with Crippen LogP contribution in [0.1, 0.15) is 19.3 Å². The van der Waals surface area contributed by atoms with Gasteiger partial charge in [0.2, 0.25) is 0 Å².